The largest absolute Gasteiger partial charge is 0.459 e. The first-order valence-corrected chi connectivity index (χ1v) is 12.3. The molecular weight excluding hydrogens is 502 g/mol. The zero-order valence-corrected chi connectivity index (χ0v) is 21.3. The molecule has 0 aliphatic carbocycles. The Kier molecular flexibility index (Phi) is 11.5. The molecule has 0 heterocycles. The maximum Gasteiger partial charge on any atom is 0.437 e. The van der Waals surface area contributed by atoms with Crippen LogP contribution in [-0.2, 0) is 38.8 Å². The number of aliphatic hydroxyl groups excluding tert-OH is 1. The van der Waals surface area contributed by atoms with Gasteiger partial charge in [-0.15, -0.1) is 4.99 Å². The number of carbonyl (C=O) groups excluding carboxylic acids is 3. The average Bonchev–Trinajstić information content (AvgIpc) is 2.97. The van der Waals surface area contributed by atoms with Crippen molar-refractivity contribution in [2.24, 2.45) is 10.7 Å². The monoisotopic (exact) mass is 533 g/mol. The summed E-state index contributed by atoms with van der Waals surface area (Å²) in [5, 5.41) is 10.2. The highest BCUT2D eigenvalue weighted by Crippen LogP contribution is 2.09. The van der Waals surface area contributed by atoms with Crippen molar-refractivity contribution in [2.45, 2.75) is 38.8 Å². The van der Waals surface area contributed by atoms with E-state index in [-0.39, 0.29) is 39.2 Å². The van der Waals surface area contributed by atoms with Crippen molar-refractivity contribution in [2.75, 3.05) is 6.54 Å². The molecule has 0 saturated heterocycles. The van der Waals surface area contributed by atoms with Gasteiger partial charge in [0.15, 0.2) is 6.10 Å². The van der Waals surface area contributed by atoms with Crippen molar-refractivity contribution in [3.8, 4) is 0 Å². The Balaban J connectivity index is 1.56. The van der Waals surface area contributed by atoms with Crippen LogP contribution in [0.5, 0.6) is 0 Å². The van der Waals surface area contributed by atoms with Gasteiger partial charge in [-0.05, 0) is 29.5 Å². The molecule has 0 saturated carbocycles. The maximum atomic E-state index is 12.8. The van der Waals surface area contributed by atoms with Crippen LogP contribution in [0.3, 0.4) is 0 Å². The second kappa shape index (κ2) is 15.5. The third kappa shape index (κ3) is 10.3. The van der Waals surface area contributed by atoms with Crippen molar-refractivity contribution in [3.05, 3.63) is 108 Å². The predicted octanol–water partition coefficient (Wildman–Crippen LogP) is 4.16. The molecule has 0 aromatic heterocycles. The number of amides is 2. The number of rotatable bonds is 11. The smallest absolute Gasteiger partial charge is 0.437 e. The number of nitrogens with zero attached hydrogens (tertiary/aromatic N) is 2. The van der Waals surface area contributed by atoms with E-state index >= 15 is 0 Å². The Morgan fingerprint density at radius 3 is 1.72 bits per heavy atom. The number of hydrogen-bond donors (Lipinski definition) is 2. The summed E-state index contributed by atoms with van der Waals surface area (Å²) < 4.78 is 15.6. The molecule has 0 spiro atoms. The number of aliphatic hydroxyl groups is 1. The molecule has 2 amide bonds. The van der Waals surface area contributed by atoms with Crippen molar-refractivity contribution in [3.63, 3.8) is 0 Å². The van der Waals surface area contributed by atoms with E-state index in [2.05, 4.69) is 4.99 Å². The van der Waals surface area contributed by atoms with Gasteiger partial charge in [0.1, 0.15) is 19.8 Å². The SMILES string of the molecule is NC(=NC(=O)OCc1ccccc1)N(CCCC(O)C(=O)OCc1ccccc1)C(=O)OCc1ccccc1. The van der Waals surface area contributed by atoms with E-state index in [9.17, 15) is 19.5 Å². The molecule has 204 valence electrons. The number of esters is 1. The zero-order valence-electron chi connectivity index (χ0n) is 21.3. The van der Waals surface area contributed by atoms with Gasteiger partial charge in [0.2, 0.25) is 5.96 Å². The van der Waals surface area contributed by atoms with Crippen LogP contribution >= 0.6 is 0 Å². The van der Waals surface area contributed by atoms with Crippen molar-refractivity contribution >= 4 is 24.1 Å². The third-order valence-corrected chi connectivity index (χ3v) is 5.47. The first-order chi connectivity index (χ1) is 18.9. The van der Waals surface area contributed by atoms with Crippen LogP contribution in [0.1, 0.15) is 29.5 Å². The molecule has 10 heteroatoms. The highest BCUT2D eigenvalue weighted by molar-refractivity contribution is 5.97. The van der Waals surface area contributed by atoms with E-state index in [4.69, 9.17) is 19.9 Å². The normalized spacial score (nSPS) is 11.8. The van der Waals surface area contributed by atoms with Crippen LogP contribution in [0.15, 0.2) is 96.0 Å². The Bertz CT molecular complexity index is 1220. The number of aliphatic imine (C=N–C) groups is 1. The standard InChI is InChI=1S/C29H31N3O7/c30-27(31-28(35)38-20-23-13-6-2-7-14-23)32(29(36)39-21-24-15-8-3-9-16-24)18-10-17-25(33)26(34)37-19-22-11-4-1-5-12-22/h1-9,11-16,25,33H,10,17-21H2,(H2,30,31,35). The van der Waals surface area contributed by atoms with Gasteiger partial charge in [-0.1, -0.05) is 91.0 Å². The maximum absolute atomic E-state index is 12.8. The van der Waals surface area contributed by atoms with Gasteiger partial charge in [-0.25, -0.2) is 19.3 Å². The van der Waals surface area contributed by atoms with Crippen LogP contribution in [0.25, 0.3) is 0 Å². The topological polar surface area (TPSA) is 141 Å². The lowest BCUT2D eigenvalue weighted by atomic mass is 10.2. The minimum absolute atomic E-state index is 0.0216. The molecule has 0 aliphatic heterocycles. The highest BCUT2D eigenvalue weighted by Gasteiger charge is 2.23. The Morgan fingerprint density at radius 2 is 1.21 bits per heavy atom. The van der Waals surface area contributed by atoms with Crippen LogP contribution in [0, 0.1) is 0 Å². The number of hydrogen-bond acceptors (Lipinski definition) is 7. The zero-order chi connectivity index (χ0) is 27.9. The van der Waals surface area contributed by atoms with Gasteiger partial charge >= 0.3 is 18.2 Å². The van der Waals surface area contributed by atoms with Crippen LogP contribution in [0.4, 0.5) is 9.59 Å². The summed E-state index contributed by atoms with van der Waals surface area (Å²) in [6.45, 7) is -0.111. The molecule has 0 bridgehead atoms. The number of nitrogens with two attached hydrogens (primary N) is 1. The van der Waals surface area contributed by atoms with E-state index in [0.717, 1.165) is 21.6 Å². The molecular formula is C29H31N3O7. The summed E-state index contributed by atoms with van der Waals surface area (Å²) in [6, 6.07) is 27.1. The summed E-state index contributed by atoms with van der Waals surface area (Å²) in [7, 11) is 0. The summed E-state index contributed by atoms with van der Waals surface area (Å²) in [5.41, 5.74) is 8.26. The summed E-state index contributed by atoms with van der Waals surface area (Å²) >= 11 is 0. The fourth-order valence-electron chi connectivity index (χ4n) is 3.39. The Hall–Kier alpha value is -4.70. The van der Waals surface area contributed by atoms with E-state index in [1.807, 2.05) is 30.3 Å². The van der Waals surface area contributed by atoms with E-state index in [1.54, 1.807) is 60.7 Å². The molecule has 1 unspecified atom stereocenters. The minimum Gasteiger partial charge on any atom is -0.459 e. The van der Waals surface area contributed by atoms with Gasteiger partial charge in [-0.2, -0.15) is 0 Å². The quantitative estimate of drug-likeness (QED) is 0.162. The molecule has 3 N–H and O–H groups in total. The Labute approximate surface area is 226 Å². The number of benzene rings is 3. The molecule has 0 fully saturated rings. The first-order valence-electron chi connectivity index (χ1n) is 12.3. The lowest BCUT2D eigenvalue weighted by molar-refractivity contribution is -0.155. The predicted molar refractivity (Wildman–Crippen MR) is 143 cm³/mol. The van der Waals surface area contributed by atoms with Crippen molar-refractivity contribution in [1.82, 2.24) is 4.90 Å². The molecule has 3 aromatic carbocycles. The molecule has 0 radical (unpaired) electrons. The molecule has 3 aromatic rings. The van der Waals surface area contributed by atoms with Crippen LogP contribution < -0.4 is 5.73 Å². The summed E-state index contributed by atoms with van der Waals surface area (Å²) in [4.78, 5) is 41.8. The Morgan fingerprint density at radius 1 is 0.744 bits per heavy atom. The summed E-state index contributed by atoms with van der Waals surface area (Å²) in [5.74, 6) is -1.23. The lowest BCUT2D eigenvalue weighted by Crippen LogP contribution is -2.43. The van der Waals surface area contributed by atoms with Gasteiger partial charge in [0, 0.05) is 6.54 Å². The number of carbonyl (C=O) groups is 3. The number of ether oxygens (including phenoxy) is 3. The highest BCUT2D eigenvalue weighted by atomic mass is 16.6. The lowest BCUT2D eigenvalue weighted by Gasteiger charge is -2.21. The van der Waals surface area contributed by atoms with Gasteiger partial charge in [0.25, 0.3) is 0 Å². The van der Waals surface area contributed by atoms with E-state index in [0.29, 0.717) is 0 Å². The number of guanidine groups is 1. The fourth-order valence-corrected chi connectivity index (χ4v) is 3.39. The van der Waals surface area contributed by atoms with Crippen LogP contribution in [0.2, 0.25) is 0 Å². The van der Waals surface area contributed by atoms with Gasteiger partial charge < -0.3 is 25.1 Å². The van der Waals surface area contributed by atoms with Gasteiger partial charge in [0.05, 0.1) is 0 Å². The third-order valence-electron chi connectivity index (χ3n) is 5.47. The van der Waals surface area contributed by atoms with Crippen LogP contribution in [-0.4, -0.2) is 46.8 Å². The molecule has 10 nitrogen and oxygen atoms in total. The molecule has 39 heavy (non-hydrogen) atoms. The second-order valence-corrected chi connectivity index (χ2v) is 8.45. The molecule has 0 aliphatic rings. The van der Waals surface area contributed by atoms with Crippen molar-refractivity contribution < 1.29 is 33.7 Å². The average molecular weight is 534 g/mol. The van der Waals surface area contributed by atoms with E-state index in [1.165, 1.54) is 0 Å². The van der Waals surface area contributed by atoms with Gasteiger partial charge in [-0.3, -0.25) is 0 Å². The molecule has 3 rings (SSSR count). The minimum atomic E-state index is -1.41. The second-order valence-electron chi connectivity index (χ2n) is 8.45. The van der Waals surface area contributed by atoms with Crippen molar-refractivity contribution in [1.29, 1.82) is 0 Å². The summed E-state index contributed by atoms with van der Waals surface area (Å²) in [6.07, 6.45) is -3.14. The fraction of sp³-hybridized carbons (Fsp3) is 0.241. The molecule has 1 atom stereocenters. The van der Waals surface area contributed by atoms with E-state index < -0.39 is 30.2 Å². The first kappa shape index (κ1) is 28.9.